The van der Waals surface area contributed by atoms with Gasteiger partial charge in [-0.3, -0.25) is 4.90 Å². The summed E-state index contributed by atoms with van der Waals surface area (Å²) in [6, 6.07) is 14.1. The number of phenolic OH excluding ortho intramolecular Hbond substituents is 1. The van der Waals surface area contributed by atoms with E-state index in [-0.39, 0.29) is 11.8 Å². The molecular formula is C17H20N2O3. The van der Waals surface area contributed by atoms with Crippen molar-refractivity contribution < 1.29 is 14.6 Å². The lowest BCUT2D eigenvalue weighted by molar-refractivity contribution is 0.247. The lowest BCUT2D eigenvalue weighted by Gasteiger charge is -2.18. The lowest BCUT2D eigenvalue weighted by atomic mass is 10.1. The van der Waals surface area contributed by atoms with Gasteiger partial charge in [0.15, 0.2) is 0 Å². The molecule has 5 heteroatoms. The van der Waals surface area contributed by atoms with Gasteiger partial charge in [0.25, 0.3) is 0 Å². The molecule has 2 rings (SSSR count). The van der Waals surface area contributed by atoms with Crippen molar-refractivity contribution in [2.45, 2.75) is 6.42 Å². The van der Waals surface area contributed by atoms with Crippen LogP contribution in [0.1, 0.15) is 5.56 Å². The Morgan fingerprint density at radius 2 is 1.95 bits per heavy atom. The van der Waals surface area contributed by atoms with Crippen LogP contribution in [-0.2, 0) is 6.42 Å². The van der Waals surface area contributed by atoms with Crippen LogP contribution in [0.15, 0.2) is 48.5 Å². The highest BCUT2D eigenvalue weighted by molar-refractivity contribution is 5.91. The number of anilines is 1. The molecule has 0 bridgehead atoms. The number of nitrogens with one attached hydrogen (secondary N) is 1. The zero-order valence-electron chi connectivity index (χ0n) is 12.7. The molecule has 2 aromatic rings. The number of ether oxygens (including phenoxy) is 1. The molecule has 0 aliphatic heterocycles. The zero-order valence-corrected chi connectivity index (χ0v) is 12.7. The number of nitrogens with zero attached hydrogens (tertiary/aromatic N) is 1. The third kappa shape index (κ3) is 4.15. The number of phenols is 1. The van der Waals surface area contributed by atoms with Gasteiger partial charge in [-0.05, 0) is 48.4 Å². The van der Waals surface area contributed by atoms with Crippen LogP contribution < -0.4 is 15.0 Å². The van der Waals surface area contributed by atoms with Crippen molar-refractivity contribution in [2.75, 3.05) is 25.6 Å². The number of carbonyl (C=O) groups is 1. The van der Waals surface area contributed by atoms with E-state index >= 15 is 0 Å². The Balaban J connectivity index is 1.85. The minimum atomic E-state index is -0.186. The van der Waals surface area contributed by atoms with E-state index < -0.39 is 0 Å². The van der Waals surface area contributed by atoms with Gasteiger partial charge in [0.2, 0.25) is 0 Å². The summed E-state index contributed by atoms with van der Waals surface area (Å²) in [6.07, 6.45) is 0.729. The van der Waals surface area contributed by atoms with Crippen molar-refractivity contribution in [3.8, 4) is 11.5 Å². The summed E-state index contributed by atoms with van der Waals surface area (Å²) in [5.74, 6) is 0.987. The Morgan fingerprint density at radius 3 is 2.64 bits per heavy atom. The molecule has 5 nitrogen and oxygen atoms in total. The third-order valence-electron chi connectivity index (χ3n) is 3.37. The Morgan fingerprint density at radius 1 is 1.23 bits per heavy atom. The van der Waals surface area contributed by atoms with Crippen molar-refractivity contribution in [1.29, 1.82) is 0 Å². The Kier molecular flexibility index (Phi) is 5.25. The standard InChI is InChI=1S/C17H20N2O3/c1-19(14-6-8-15(20)9-7-14)17(21)18-11-10-13-4-3-5-16(12-13)22-2/h3-9,12,20H,10-11H2,1-2H3,(H,18,21). The van der Waals surface area contributed by atoms with Crippen LogP contribution in [-0.4, -0.2) is 31.8 Å². The number of rotatable bonds is 5. The molecule has 2 amide bonds. The highest BCUT2D eigenvalue weighted by Gasteiger charge is 2.09. The molecule has 0 aliphatic carbocycles. The van der Waals surface area contributed by atoms with Crippen LogP contribution in [0.4, 0.5) is 10.5 Å². The molecule has 0 heterocycles. The van der Waals surface area contributed by atoms with Crippen LogP contribution in [0.2, 0.25) is 0 Å². The molecule has 116 valence electrons. The summed E-state index contributed by atoms with van der Waals surface area (Å²) >= 11 is 0. The molecule has 0 atom stereocenters. The SMILES string of the molecule is COc1cccc(CCNC(=O)N(C)c2ccc(O)cc2)c1. The topological polar surface area (TPSA) is 61.8 Å². The molecule has 0 spiro atoms. The summed E-state index contributed by atoms with van der Waals surface area (Å²) in [5, 5.41) is 12.1. The lowest BCUT2D eigenvalue weighted by Crippen LogP contribution is -2.38. The molecule has 2 N–H and O–H groups in total. The number of urea groups is 1. The van der Waals surface area contributed by atoms with Crippen molar-refractivity contribution in [3.05, 3.63) is 54.1 Å². The Labute approximate surface area is 130 Å². The Hall–Kier alpha value is -2.69. The molecule has 0 aromatic heterocycles. The highest BCUT2D eigenvalue weighted by atomic mass is 16.5. The minimum Gasteiger partial charge on any atom is -0.508 e. The fourth-order valence-electron chi connectivity index (χ4n) is 2.05. The Bertz CT molecular complexity index is 626. The van der Waals surface area contributed by atoms with Crippen molar-refractivity contribution in [2.24, 2.45) is 0 Å². The summed E-state index contributed by atoms with van der Waals surface area (Å²) < 4.78 is 5.17. The number of carbonyl (C=O) groups excluding carboxylic acids is 1. The summed E-state index contributed by atoms with van der Waals surface area (Å²) in [4.78, 5) is 13.6. The maximum Gasteiger partial charge on any atom is 0.321 e. The van der Waals surface area contributed by atoms with Gasteiger partial charge in [-0.25, -0.2) is 4.79 Å². The van der Waals surface area contributed by atoms with Crippen molar-refractivity contribution in [1.82, 2.24) is 5.32 Å². The van der Waals surface area contributed by atoms with Gasteiger partial charge >= 0.3 is 6.03 Å². The molecule has 0 unspecified atom stereocenters. The average Bonchev–Trinajstić information content (AvgIpc) is 2.55. The van der Waals surface area contributed by atoms with Crippen LogP contribution in [0.25, 0.3) is 0 Å². The van der Waals surface area contributed by atoms with Crippen molar-refractivity contribution in [3.63, 3.8) is 0 Å². The second kappa shape index (κ2) is 7.36. The van der Waals surface area contributed by atoms with Gasteiger partial charge < -0.3 is 15.2 Å². The molecule has 0 fully saturated rings. The normalized spacial score (nSPS) is 10.1. The average molecular weight is 300 g/mol. The monoisotopic (exact) mass is 300 g/mol. The molecule has 22 heavy (non-hydrogen) atoms. The van der Waals surface area contributed by atoms with E-state index in [1.54, 1.807) is 38.4 Å². The predicted octanol–water partition coefficient (Wildman–Crippen LogP) is 2.79. The van der Waals surface area contributed by atoms with E-state index in [0.29, 0.717) is 6.54 Å². The second-order valence-corrected chi connectivity index (χ2v) is 4.91. The molecule has 0 saturated heterocycles. The zero-order chi connectivity index (χ0) is 15.9. The highest BCUT2D eigenvalue weighted by Crippen LogP contribution is 2.17. The van der Waals surface area contributed by atoms with Crippen LogP contribution in [0.3, 0.4) is 0 Å². The first-order chi connectivity index (χ1) is 10.6. The van der Waals surface area contributed by atoms with Crippen LogP contribution in [0, 0.1) is 0 Å². The van der Waals surface area contributed by atoms with E-state index in [1.807, 2.05) is 24.3 Å². The number of hydrogen-bond acceptors (Lipinski definition) is 3. The second-order valence-electron chi connectivity index (χ2n) is 4.91. The number of amides is 2. The first-order valence-electron chi connectivity index (χ1n) is 7.03. The van der Waals surface area contributed by atoms with Gasteiger partial charge in [0.1, 0.15) is 11.5 Å². The molecule has 2 aromatic carbocycles. The first kappa shape index (κ1) is 15.7. The fraction of sp³-hybridized carbons (Fsp3) is 0.235. The van der Waals surface area contributed by atoms with Crippen LogP contribution >= 0.6 is 0 Å². The summed E-state index contributed by atoms with van der Waals surface area (Å²) in [6.45, 7) is 0.536. The predicted molar refractivity (Wildman–Crippen MR) is 86.6 cm³/mol. The number of methoxy groups -OCH3 is 1. The van der Waals surface area contributed by atoms with Gasteiger partial charge in [0, 0.05) is 19.3 Å². The van der Waals surface area contributed by atoms with E-state index in [2.05, 4.69) is 5.32 Å². The number of hydrogen-bond donors (Lipinski definition) is 2. The van der Waals surface area contributed by atoms with Gasteiger partial charge in [-0.1, -0.05) is 12.1 Å². The quantitative estimate of drug-likeness (QED) is 0.892. The van der Waals surface area contributed by atoms with Gasteiger partial charge in [0.05, 0.1) is 7.11 Å². The number of aromatic hydroxyl groups is 1. The third-order valence-corrected chi connectivity index (χ3v) is 3.37. The van der Waals surface area contributed by atoms with E-state index in [0.717, 1.165) is 23.4 Å². The molecule has 0 aliphatic rings. The van der Waals surface area contributed by atoms with E-state index in [4.69, 9.17) is 4.74 Å². The molecule has 0 radical (unpaired) electrons. The van der Waals surface area contributed by atoms with Crippen molar-refractivity contribution >= 4 is 11.7 Å². The minimum absolute atomic E-state index is 0.176. The largest absolute Gasteiger partial charge is 0.508 e. The molecular weight excluding hydrogens is 280 g/mol. The molecule has 0 saturated carbocycles. The smallest absolute Gasteiger partial charge is 0.321 e. The van der Waals surface area contributed by atoms with Crippen LogP contribution in [0.5, 0.6) is 11.5 Å². The fourth-order valence-corrected chi connectivity index (χ4v) is 2.05. The van der Waals surface area contributed by atoms with Gasteiger partial charge in [-0.15, -0.1) is 0 Å². The number of benzene rings is 2. The maximum absolute atomic E-state index is 12.1. The maximum atomic E-state index is 12.1. The van der Waals surface area contributed by atoms with Gasteiger partial charge in [-0.2, -0.15) is 0 Å². The first-order valence-corrected chi connectivity index (χ1v) is 7.03. The summed E-state index contributed by atoms with van der Waals surface area (Å²) in [5.41, 5.74) is 1.82. The van der Waals surface area contributed by atoms with E-state index in [9.17, 15) is 9.90 Å². The van der Waals surface area contributed by atoms with E-state index in [1.165, 1.54) is 4.90 Å². The summed E-state index contributed by atoms with van der Waals surface area (Å²) in [7, 11) is 3.32.